The van der Waals surface area contributed by atoms with E-state index in [0.29, 0.717) is 12.8 Å². The van der Waals surface area contributed by atoms with E-state index in [9.17, 15) is 9.59 Å². The van der Waals surface area contributed by atoms with Gasteiger partial charge in [0.15, 0.2) is 0 Å². The summed E-state index contributed by atoms with van der Waals surface area (Å²) in [6.07, 6.45) is 15.7. The zero-order valence-corrected chi connectivity index (χ0v) is 15.2. The first-order chi connectivity index (χ1) is 11.5. The summed E-state index contributed by atoms with van der Waals surface area (Å²) in [5.74, 6) is -1.74. The molecular formula is C19H35NO4. The monoisotopic (exact) mass is 341 g/mol. The number of hydrogen-bond acceptors (Lipinski definition) is 3. The predicted octanol–water partition coefficient (Wildman–Crippen LogP) is 4.30. The zero-order chi connectivity index (χ0) is 17.8. The van der Waals surface area contributed by atoms with Gasteiger partial charge in [-0.3, -0.25) is 9.59 Å². The molecule has 24 heavy (non-hydrogen) atoms. The Bertz CT molecular complexity index is 326. The van der Waals surface area contributed by atoms with Crippen LogP contribution in [0.2, 0.25) is 0 Å². The molecule has 2 aliphatic rings. The van der Waals surface area contributed by atoms with E-state index in [0.717, 1.165) is 12.1 Å². The number of hydrogen-bond donors (Lipinski definition) is 2. The highest BCUT2D eigenvalue weighted by atomic mass is 16.4. The number of carboxylic acids is 2. The maximum Gasteiger partial charge on any atom is 0.303 e. The summed E-state index contributed by atoms with van der Waals surface area (Å²) in [7, 11) is 2.38. The van der Waals surface area contributed by atoms with E-state index in [1.165, 1.54) is 64.2 Å². The van der Waals surface area contributed by atoms with Crippen LogP contribution in [-0.4, -0.2) is 46.2 Å². The van der Waals surface area contributed by atoms with E-state index < -0.39 is 11.9 Å². The third-order valence-corrected chi connectivity index (χ3v) is 5.33. The molecule has 5 nitrogen and oxygen atoms in total. The molecule has 0 radical (unpaired) electrons. The van der Waals surface area contributed by atoms with Crippen LogP contribution in [0.15, 0.2) is 0 Å². The number of carboxylic acid groups (broad SMARTS) is 2. The van der Waals surface area contributed by atoms with Crippen LogP contribution in [0.4, 0.5) is 0 Å². The number of aliphatic carboxylic acids is 2. The van der Waals surface area contributed by atoms with Crippen molar-refractivity contribution in [2.24, 2.45) is 0 Å². The molecule has 0 aromatic carbocycles. The second-order valence-corrected chi connectivity index (χ2v) is 7.24. The molecular weight excluding hydrogens is 306 g/mol. The molecule has 2 saturated carbocycles. The molecule has 0 bridgehead atoms. The molecule has 2 N–H and O–H groups in total. The van der Waals surface area contributed by atoms with Gasteiger partial charge in [0.2, 0.25) is 0 Å². The van der Waals surface area contributed by atoms with E-state index >= 15 is 0 Å². The lowest BCUT2D eigenvalue weighted by atomic mass is 9.89. The summed E-state index contributed by atoms with van der Waals surface area (Å²) in [6.45, 7) is 0. The maximum absolute atomic E-state index is 9.90. The lowest BCUT2D eigenvalue weighted by Gasteiger charge is -2.39. The topological polar surface area (TPSA) is 77.8 Å². The molecule has 0 atom stereocenters. The Balaban J connectivity index is 0.000000257. The minimum absolute atomic E-state index is 0.0628. The van der Waals surface area contributed by atoms with Gasteiger partial charge >= 0.3 is 11.9 Å². The van der Waals surface area contributed by atoms with Crippen LogP contribution in [0.25, 0.3) is 0 Å². The van der Waals surface area contributed by atoms with Gasteiger partial charge in [0.05, 0.1) is 0 Å². The summed E-state index contributed by atoms with van der Waals surface area (Å²) in [4.78, 5) is 22.5. The fourth-order valence-electron chi connectivity index (χ4n) is 3.83. The fourth-order valence-corrected chi connectivity index (χ4v) is 3.83. The SMILES string of the molecule is CN(C1CCCCC1)C1CCCCC1.O=C(O)CCCCC(=O)O. The second-order valence-electron chi connectivity index (χ2n) is 7.24. The lowest BCUT2D eigenvalue weighted by molar-refractivity contribution is -0.139. The van der Waals surface area contributed by atoms with Crippen molar-refractivity contribution >= 4 is 11.9 Å². The second kappa shape index (κ2) is 12.3. The summed E-state index contributed by atoms with van der Waals surface area (Å²) in [5, 5.41) is 16.3. The summed E-state index contributed by atoms with van der Waals surface area (Å²) >= 11 is 0. The van der Waals surface area contributed by atoms with Gasteiger partial charge in [-0.25, -0.2) is 0 Å². The highest BCUT2D eigenvalue weighted by molar-refractivity contribution is 5.67. The molecule has 0 unspecified atom stereocenters. The molecule has 0 spiro atoms. The van der Waals surface area contributed by atoms with Gasteiger partial charge in [-0.05, 0) is 45.6 Å². The highest BCUT2D eigenvalue weighted by Crippen LogP contribution is 2.28. The van der Waals surface area contributed by atoms with Crippen LogP contribution in [0, 0.1) is 0 Å². The van der Waals surface area contributed by atoms with E-state index in [-0.39, 0.29) is 12.8 Å². The van der Waals surface area contributed by atoms with Gasteiger partial charge in [0, 0.05) is 24.9 Å². The first-order valence-electron chi connectivity index (χ1n) is 9.66. The normalized spacial score (nSPS) is 19.6. The van der Waals surface area contributed by atoms with Crippen molar-refractivity contribution in [3.05, 3.63) is 0 Å². The maximum atomic E-state index is 9.90. The number of unbranched alkanes of at least 4 members (excludes halogenated alkanes) is 1. The first kappa shape index (κ1) is 20.9. The average molecular weight is 341 g/mol. The van der Waals surface area contributed by atoms with Crippen LogP contribution in [-0.2, 0) is 9.59 Å². The molecule has 140 valence electrons. The molecule has 2 fully saturated rings. The Labute approximate surface area is 146 Å². The van der Waals surface area contributed by atoms with E-state index in [4.69, 9.17) is 10.2 Å². The lowest BCUT2D eigenvalue weighted by Crippen LogP contribution is -2.42. The van der Waals surface area contributed by atoms with Crippen molar-refractivity contribution in [1.82, 2.24) is 4.90 Å². The number of rotatable bonds is 7. The van der Waals surface area contributed by atoms with Crippen LogP contribution < -0.4 is 0 Å². The smallest absolute Gasteiger partial charge is 0.303 e. The quantitative estimate of drug-likeness (QED) is 0.675. The molecule has 0 saturated heterocycles. The van der Waals surface area contributed by atoms with E-state index in [1.807, 2.05) is 0 Å². The van der Waals surface area contributed by atoms with Crippen molar-refractivity contribution in [2.75, 3.05) is 7.05 Å². The van der Waals surface area contributed by atoms with Crippen molar-refractivity contribution < 1.29 is 19.8 Å². The highest BCUT2D eigenvalue weighted by Gasteiger charge is 2.25. The van der Waals surface area contributed by atoms with Crippen LogP contribution >= 0.6 is 0 Å². The number of nitrogens with zero attached hydrogens (tertiary/aromatic N) is 1. The first-order valence-corrected chi connectivity index (χ1v) is 9.66. The van der Waals surface area contributed by atoms with Gasteiger partial charge < -0.3 is 15.1 Å². The van der Waals surface area contributed by atoms with Crippen LogP contribution in [0.5, 0.6) is 0 Å². The van der Waals surface area contributed by atoms with Crippen molar-refractivity contribution in [3.63, 3.8) is 0 Å². The largest absolute Gasteiger partial charge is 0.481 e. The van der Waals surface area contributed by atoms with Crippen molar-refractivity contribution in [3.8, 4) is 0 Å². The van der Waals surface area contributed by atoms with Gasteiger partial charge in [-0.1, -0.05) is 38.5 Å². The Morgan fingerprint density at radius 1 is 0.750 bits per heavy atom. The number of carbonyl (C=O) groups is 2. The molecule has 0 heterocycles. The molecule has 2 rings (SSSR count). The Morgan fingerprint density at radius 2 is 1.08 bits per heavy atom. The van der Waals surface area contributed by atoms with Gasteiger partial charge in [0.25, 0.3) is 0 Å². The fraction of sp³-hybridized carbons (Fsp3) is 0.895. The standard InChI is InChI=1S/C13H25N.C6H10O4/c1-14(12-8-4-2-5-9-12)13-10-6-3-7-11-13;7-5(8)3-1-2-4-6(9)10/h12-13H,2-11H2,1H3;1-4H2,(H,7,8)(H,9,10). The third kappa shape index (κ3) is 9.26. The minimum atomic E-state index is -0.870. The van der Waals surface area contributed by atoms with Gasteiger partial charge in [-0.15, -0.1) is 0 Å². The minimum Gasteiger partial charge on any atom is -0.481 e. The van der Waals surface area contributed by atoms with Crippen molar-refractivity contribution in [1.29, 1.82) is 0 Å². The Morgan fingerprint density at radius 3 is 1.38 bits per heavy atom. The molecule has 5 heteroatoms. The summed E-state index contributed by atoms with van der Waals surface area (Å²) < 4.78 is 0. The zero-order valence-electron chi connectivity index (χ0n) is 15.2. The van der Waals surface area contributed by atoms with Crippen LogP contribution in [0.1, 0.15) is 89.9 Å². The van der Waals surface area contributed by atoms with Crippen molar-refractivity contribution in [2.45, 2.75) is 102 Å². The summed E-state index contributed by atoms with van der Waals surface area (Å²) in [5.41, 5.74) is 0. The molecule has 0 aromatic heterocycles. The molecule has 0 aromatic rings. The van der Waals surface area contributed by atoms with E-state index in [1.54, 1.807) is 0 Å². The molecule has 0 amide bonds. The summed E-state index contributed by atoms with van der Waals surface area (Å²) in [6, 6.07) is 1.85. The average Bonchev–Trinajstić information content (AvgIpc) is 2.60. The van der Waals surface area contributed by atoms with Gasteiger partial charge in [0.1, 0.15) is 0 Å². The molecule has 0 aliphatic heterocycles. The van der Waals surface area contributed by atoms with E-state index in [2.05, 4.69) is 11.9 Å². The molecule has 2 aliphatic carbocycles. The predicted molar refractivity (Wildman–Crippen MR) is 95.2 cm³/mol. The Kier molecular flexibility index (Phi) is 10.7. The third-order valence-electron chi connectivity index (χ3n) is 5.33. The Hall–Kier alpha value is -1.10. The van der Waals surface area contributed by atoms with Gasteiger partial charge in [-0.2, -0.15) is 0 Å². The van der Waals surface area contributed by atoms with Crippen LogP contribution in [0.3, 0.4) is 0 Å².